The molecule has 0 saturated carbocycles. The summed E-state index contributed by atoms with van der Waals surface area (Å²) in [6.07, 6.45) is 8.05. The maximum Gasteiger partial charge on any atom is 0 e. The molecule has 0 rings (SSSR count). The molecular formula is C8H25ClN3Pt-. The molecule has 0 unspecified atom stereocenters. The third kappa shape index (κ3) is 32.2. The molecule has 90 valence electrons. The minimum Gasteiger partial charge on any atom is -1.00 e. The van der Waals surface area contributed by atoms with E-state index in [1.807, 2.05) is 0 Å². The van der Waals surface area contributed by atoms with Crippen LogP contribution in [0, 0.1) is 0 Å². The Morgan fingerprint density at radius 1 is 0.846 bits per heavy atom. The molecule has 5 heteroatoms. The van der Waals surface area contributed by atoms with Gasteiger partial charge in [0.05, 0.1) is 0 Å². The maximum atomic E-state index is 5.34. The van der Waals surface area contributed by atoms with Crippen LogP contribution in [0.4, 0.5) is 0 Å². The summed E-state index contributed by atoms with van der Waals surface area (Å²) in [4.78, 5) is 0. The van der Waals surface area contributed by atoms with E-state index in [9.17, 15) is 0 Å². The number of hydrogen-bond donors (Lipinski definition) is 3. The number of nitrogens with two attached hydrogens (primary N) is 1. The Kier molecular flexibility index (Phi) is 65.8. The molecular weight excluding hydrogens is 369 g/mol. The molecule has 3 nitrogen and oxygen atoms in total. The molecule has 0 aromatic heterocycles. The molecule has 13 heavy (non-hydrogen) atoms. The molecule has 0 fully saturated rings. The molecule has 0 bridgehead atoms. The monoisotopic (exact) mass is 393 g/mol. The Bertz CT molecular complexity index is 52.7. The molecule has 0 spiro atoms. The van der Waals surface area contributed by atoms with Crippen LogP contribution in [-0.4, -0.2) is 6.54 Å². The molecule has 0 aromatic carbocycles. The maximum absolute atomic E-state index is 5.34. The SMILES string of the molecule is CCCCCCCCN.N.N.[Cl-].[Pt]. The van der Waals surface area contributed by atoms with E-state index in [-0.39, 0.29) is 45.8 Å². The van der Waals surface area contributed by atoms with Crippen molar-refractivity contribution in [2.24, 2.45) is 5.73 Å². The molecule has 0 saturated heterocycles. The fourth-order valence-electron chi connectivity index (χ4n) is 0.925. The first kappa shape index (κ1) is 29.2. The molecule has 0 heterocycles. The van der Waals surface area contributed by atoms with Crippen LogP contribution in [0.25, 0.3) is 0 Å². The quantitative estimate of drug-likeness (QED) is 0.537. The van der Waals surface area contributed by atoms with E-state index in [2.05, 4.69) is 6.92 Å². The predicted molar refractivity (Wildman–Crippen MR) is 52.5 cm³/mol. The summed E-state index contributed by atoms with van der Waals surface area (Å²) in [5, 5.41) is 0. The average molecular weight is 394 g/mol. The van der Waals surface area contributed by atoms with E-state index in [1.165, 1.54) is 38.5 Å². The zero-order valence-electron chi connectivity index (χ0n) is 8.64. The Balaban J connectivity index is -0.0000000533. The van der Waals surface area contributed by atoms with Crippen molar-refractivity contribution in [3.63, 3.8) is 0 Å². The van der Waals surface area contributed by atoms with Gasteiger partial charge in [0.15, 0.2) is 0 Å². The summed E-state index contributed by atoms with van der Waals surface area (Å²) in [5.74, 6) is 0. The van der Waals surface area contributed by atoms with Gasteiger partial charge in [-0.15, -0.1) is 0 Å². The summed E-state index contributed by atoms with van der Waals surface area (Å²) in [7, 11) is 0. The molecule has 0 aromatic rings. The number of hydrogen-bond acceptors (Lipinski definition) is 3. The molecule has 0 aliphatic heterocycles. The van der Waals surface area contributed by atoms with Crippen LogP contribution >= 0.6 is 0 Å². The first-order valence-corrected chi connectivity index (χ1v) is 4.12. The van der Waals surface area contributed by atoms with Gasteiger partial charge in [0.1, 0.15) is 0 Å². The van der Waals surface area contributed by atoms with Crippen LogP contribution in [-0.2, 0) is 21.1 Å². The van der Waals surface area contributed by atoms with Crippen LogP contribution in [0.3, 0.4) is 0 Å². The number of rotatable bonds is 6. The average Bonchev–Trinajstić information content (AvgIpc) is 1.89. The van der Waals surface area contributed by atoms with Crippen molar-refractivity contribution >= 4 is 0 Å². The third-order valence-corrected chi connectivity index (χ3v) is 1.56. The molecule has 8 N–H and O–H groups in total. The van der Waals surface area contributed by atoms with Crippen LogP contribution in [0.2, 0.25) is 0 Å². The first-order chi connectivity index (χ1) is 4.41. The fourth-order valence-corrected chi connectivity index (χ4v) is 0.925. The van der Waals surface area contributed by atoms with E-state index >= 15 is 0 Å². The van der Waals surface area contributed by atoms with E-state index in [1.54, 1.807) is 0 Å². The first-order valence-electron chi connectivity index (χ1n) is 4.12. The van der Waals surface area contributed by atoms with Gasteiger partial charge < -0.3 is 30.4 Å². The Morgan fingerprint density at radius 2 is 1.23 bits per heavy atom. The van der Waals surface area contributed by atoms with Crippen molar-refractivity contribution in [2.45, 2.75) is 45.4 Å². The topological polar surface area (TPSA) is 96.0 Å². The smallest absolute Gasteiger partial charge is 0 e. The minimum absolute atomic E-state index is 0. The molecule has 0 amide bonds. The van der Waals surface area contributed by atoms with Crippen LogP contribution in [0.5, 0.6) is 0 Å². The summed E-state index contributed by atoms with van der Waals surface area (Å²) in [6, 6.07) is 0. The standard InChI is InChI=1S/C8H19N.ClH.2H3N.Pt/c1-2-3-4-5-6-7-8-9;;;;/h2-9H2,1H3;1H;2*1H3;/p-1. The van der Waals surface area contributed by atoms with Crippen molar-refractivity contribution in [3.8, 4) is 0 Å². The third-order valence-electron chi connectivity index (χ3n) is 1.56. The van der Waals surface area contributed by atoms with Crippen molar-refractivity contribution < 1.29 is 33.5 Å². The van der Waals surface area contributed by atoms with E-state index < -0.39 is 0 Å². The van der Waals surface area contributed by atoms with Gasteiger partial charge in [-0.2, -0.15) is 0 Å². The summed E-state index contributed by atoms with van der Waals surface area (Å²) < 4.78 is 0. The second-order valence-electron chi connectivity index (χ2n) is 2.56. The molecule has 0 aliphatic carbocycles. The van der Waals surface area contributed by atoms with Gasteiger partial charge in [-0.3, -0.25) is 0 Å². The fraction of sp³-hybridized carbons (Fsp3) is 1.00. The molecule has 0 radical (unpaired) electrons. The zero-order valence-corrected chi connectivity index (χ0v) is 11.7. The van der Waals surface area contributed by atoms with Gasteiger partial charge in [-0.05, 0) is 13.0 Å². The summed E-state index contributed by atoms with van der Waals surface area (Å²) in [5.41, 5.74) is 5.34. The normalized spacial score (nSPS) is 6.92. The Morgan fingerprint density at radius 3 is 1.62 bits per heavy atom. The van der Waals surface area contributed by atoms with Crippen molar-refractivity contribution in [3.05, 3.63) is 0 Å². The van der Waals surface area contributed by atoms with Crippen LogP contribution < -0.4 is 30.4 Å². The number of halogens is 1. The number of unbranched alkanes of at least 4 members (excludes halogenated alkanes) is 5. The van der Waals surface area contributed by atoms with Gasteiger partial charge >= 0.3 is 0 Å². The van der Waals surface area contributed by atoms with Gasteiger partial charge in [-0.1, -0.05) is 39.0 Å². The largest absolute Gasteiger partial charge is 1.00 e. The second-order valence-corrected chi connectivity index (χ2v) is 2.56. The zero-order chi connectivity index (χ0) is 6.95. The second kappa shape index (κ2) is 29.3. The molecule has 0 atom stereocenters. The van der Waals surface area contributed by atoms with E-state index in [0.29, 0.717) is 0 Å². The van der Waals surface area contributed by atoms with Crippen molar-refractivity contribution in [1.82, 2.24) is 12.3 Å². The van der Waals surface area contributed by atoms with Crippen LogP contribution in [0.15, 0.2) is 0 Å². The van der Waals surface area contributed by atoms with Crippen LogP contribution in [0.1, 0.15) is 45.4 Å². The Hall–Kier alpha value is 0.858. The van der Waals surface area contributed by atoms with E-state index in [4.69, 9.17) is 5.73 Å². The molecule has 0 aliphatic rings. The van der Waals surface area contributed by atoms with Crippen molar-refractivity contribution in [2.75, 3.05) is 6.54 Å². The van der Waals surface area contributed by atoms with Gasteiger partial charge in [0.25, 0.3) is 0 Å². The van der Waals surface area contributed by atoms with Gasteiger partial charge in [0.2, 0.25) is 0 Å². The van der Waals surface area contributed by atoms with Crippen molar-refractivity contribution in [1.29, 1.82) is 0 Å². The van der Waals surface area contributed by atoms with E-state index in [0.717, 1.165) is 6.54 Å². The van der Waals surface area contributed by atoms with Gasteiger partial charge in [-0.25, -0.2) is 0 Å². The summed E-state index contributed by atoms with van der Waals surface area (Å²) in [6.45, 7) is 3.11. The Labute approximate surface area is 103 Å². The van der Waals surface area contributed by atoms with Gasteiger partial charge in [0, 0.05) is 21.1 Å². The summed E-state index contributed by atoms with van der Waals surface area (Å²) >= 11 is 0. The predicted octanol–water partition coefficient (Wildman–Crippen LogP) is -0.369. The minimum atomic E-state index is 0.